The van der Waals surface area contributed by atoms with E-state index in [0.29, 0.717) is 0 Å². The van der Waals surface area contributed by atoms with Gasteiger partial charge in [-0.25, -0.2) is 0 Å². The van der Waals surface area contributed by atoms with Crippen molar-refractivity contribution in [1.29, 1.82) is 0 Å². The van der Waals surface area contributed by atoms with E-state index in [1.165, 1.54) is 11.1 Å². The molecule has 2 N–H and O–H groups in total. The molecule has 18 heavy (non-hydrogen) atoms. The quantitative estimate of drug-likeness (QED) is 0.836. The third-order valence-electron chi connectivity index (χ3n) is 3.85. The number of nitrogens with zero attached hydrogens (tertiary/aromatic N) is 1. The predicted octanol–water partition coefficient (Wildman–Crippen LogP) is 1.98. The summed E-state index contributed by atoms with van der Waals surface area (Å²) in [6, 6.07) is 1.99. The molecule has 2 atom stereocenters. The number of aliphatic carboxylic acids is 1. The molecule has 0 spiro atoms. The molecule has 2 unspecified atom stereocenters. The molecule has 1 fully saturated rings. The van der Waals surface area contributed by atoms with Crippen molar-refractivity contribution < 1.29 is 9.90 Å². The van der Waals surface area contributed by atoms with E-state index in [2.05, 4.69) is 17.2 Å². The summed E-state index contributed by atoms with van der Waals surface area (Å²) in [5, 5.41) is 12.5. The van der Waals surface area contributed by atoms with E-state index in [1.54, 1.807) is 6.20 Å². The number of nitrogens with one attached hydrogen (secondary N) is 1. The minimum atomic E-state index is -0.642. The first-order chi connectivity index (χ1) is 8.68. The van der Waals surface area contributed by atoms with Gasteiger partial charge in [0.1, 0.15) is 0 Å². The molecule has 4 heteroatoms. The van der Waals surface area contributed by atoms with E-state index < -0.39 is 5.97 Å². The van der Waals surface area contributed by atoms with E-state index in [9.17, 15) is 4.79 Å². The maximum atomic E-state index is 11.1. The van der Waals surface area contributed by atoms with Gasteiger partial charge in [0.2, 0.25) is 0 Å². The highest BCUT2D eigenvalue weighted by Crippen LogP contribution is 2.31. The van der Waals surface area contributed by atoms with Crippen molar-refractivity contribution in [2.24, 2.45) is 11.8 Å². The predicted molar refractivity (Wildman–Crippen MR) is 69.1 cm³/mol. The highest BCUT2D eigenvalue weighted by molar-refractivity contribution is 5.70. The standard InChI is InChI=1S/C14H20N2O2/c1-10-5-6-15-8-12(10)9-16-7-11-3-2-4-13(11)14(17)18/h5-6,8,11,13,16H,2-4,7,9H2,1H3,(H,17,18). The van der Waals surface area contributed by atoms with Crippen molar-refractivity contribution in [2.75, 3.05) is 6.54 Å². The molecule has 1 aliphatic carbocycles. The van der Waals surface area contributed by atoms with E-state index >= 15 is 0 Å². The summed E-state index contributed by atoms with van der Waals surface area (Å²) >= 11 is 0. The normalized spacial score (nSPS) is 23.2. The fraction of sp³-hybridized carbons (Fsp3) is 0.571. The van der Waals surface area contributed by atoms with Crippen LogP contribution in [-0.4, -0.2) is 22.6 Å². The number of hydrogen-bond acceptors (Lipinski definition) is 3. The number of hydrogen-bond donors (Lipinski definition) is 2. The second-order valence-electron chi connectivity index (χ2n) is 5.07. The van der Waals surface area contributed by atoms with Crippen LogP contribution in [-0.2, 0) is 11.3 Å². The number of aromatic nitrogens is 1. The summed E-state index contributed by atoms with van der Waals surface area (Å²) in [6.07, 6.45) is 6.54. The first kappa shape index (κ1) is 13.0. The van der Waals surface area contributed by atoms with E-state index in [4.69, 9.17) is 5.11 Å². The second-order valence-corrected chi connectivity index (χ2v) is 5.07. The summed E-state index contributed by atoms with van der Waals surface area (Å²) in [5.74, 6) is -0.524. The van der Waals surface area contributed by atoms with E-state index in [1.807, 2.05) is 12.3 Å². The topological polar surface area (TPSA) is 62.2 Å². The zero-order valence-corrected chi connectivity index (χ0v) is 10.7. The molecule has 4 nitrogen and oxygen atoms in total. The van der Waals surface area contributed by atoms with Gasteiger partial charge in [-0.1, -0.05) is 6.42 Å². The Morgan fingerprint density at radius 2 is 2.39 bits per heavy atom. The average Bonchev–Trinajstić information content (AvgIpc) is 2.80. The van der Waals surface area contributed by atoms with Crippen LogP contribution in [0.15, 0.2) is 18.5 Å². The molecule has 0 saturated heterocycles. The number of carbonyl (C=O) groups is 1. The van der Waals surface area contributed by atoms with Gasteiger partial charge < -0.3 is 10.4 Å². The molecule has 0 bridgehead atoms. The fourth-order valence-corrected chi connectivity index (χ4v) is 2.68. The summed E-state index contributed by atoms with van der Waals surface area (Å²) in [4.78, 5) is 15.2. The van der Waals surface area contributed by atoms with Crippen LogP contribution in [0.3, 0.4) is 0 Å². The maximum Gasteiger partial charge on any atom is 0.306 e. The van der Waals surface area contributed by atoms with Crippen molar-refractivity contribution >= 4 is 5.97 Å². The Hall–Kier alpha value is -1.42. The largest absolute Gasteiger partial charge is 0.481 e. The van der Waals surface area contributed by atoms with Gasteiger partial charge in [-0.15, -0.1) is 0 Å². The van der Waals surface area contributed by atoms with Crippen LogP contribution in [0.4, 0.5) is 0 Å². The molecular formula is C14H20N2O2. The van der Waals surface area contributed by atoms with Crippen LogP contribution >= 0.6 is 0 Å². The second kappa shape index (κ2) is 5.96. The van der Waals surface area contributed by atoms with Gasteiger partial charge in [0.25, 0.3) is 0 Å². The van der Waals surface area contributed by atoms with Crippen molar-refractivity contribution in [3.63, 3.8) is 0 Å². The highest BCUT2D eigenvalue weighted by Gasteiger charge is 2.32. The van der Waals surface area contributed by atoms with Crippen molar-refractivity contribution in [3.8, 4) is 0 Å². The Kier molecular flexibility index (Phi) is 4.31. The molecule has 1 aromatic rings. The van der Waals surface area contributed by atoms with Gasteiger partial charge >= 0.3 is 5.97 Å². The van der Waals surface area contributed by atoms with Crippen LogP contribution in [0.25, 0.3) is 0 Å². The Bertz CT molecular complexity index is 420. The zero-order chi connectivity index (χ0) is 13.0. The monoisotopic (exact) mass is 248 g/mol. The molecule has 2 rings (SSSR count). The van der Waals surface area contributed by atoms with Gasteiger partial charge in [-0.2, -0.15) is 0 Å². The first-order valence-corrected chi connectivity index (χ1v) is 6.51. The third-order valence-corrected chi connectivity index (χ3v) is 3.85. The number of carboxylic acids is 1. The fourth-order valence-electron chi connectivity index (χ4n) is 2.68. The Balaban J connectivity index is 1.82. The maximum absolute atomic E-state index is 11.1. The molecule has 0 aromatic carbocycles. The number of pyridine rings is 1. The molecular weight excluding hydrogens is 228 g/mol. The Morgan fingerprint density at radius 1 is 1.56 bits per heavy atom. The molecule has 1 aliphatic rings. The highest BCUT2D eigenvalue weighted by atomic mass is 16.4. The summed E-state index contributed by atoms with van der Waals surface area (Å²) in [7, 11) is 0. The minimum Gasteiger partial charge on any atom is -0.481 e. The Labute approximate surface area is 107 Å². The number of carboxylic acid groups (broad SMARTS) is 1. The SMILES string of the molecule is Cc1ccncc1CNCC1CCCC1C(=O)O. The van der Waals surface area contributed by atoms with Gasteiger partial charge in [0.15, 0.2) is 0 Å². The summed E-state index contributed by atoms with van der Waals surface area (Å²) in [5.41, 5.74) is 2.40. The first-order valence-electron chi connectivity index (χ1n) is 6.51. The molecule has 0 radical (unpaired) electrons. The van der Waals surface area contributed by atoms with Crippen molar-refractivity contribution in [3.05, 3.63) is 29.6 Å². The van der Waals surface area contributed by atoms with E-state index in [0.717, 1.165) is 32.4 Å². The van der Waals surface area contributed by atoms with E-state index in [-0.39, 0.29) is 11.8 Å². The third kappa shape index (κ3) is 3.07. The lowest BCUT2D eigenvalue weighted by atomic mass is 9.96. The van der Waals surface area contributed by atoms with Crippen LogP contribution in [0.5, 0.6) is 0 Å². The zero-order valence-electron chi connectivity index (χ0n) is 10.7. The van der Waals surface area contributed by atoms with Gasteiger partial charge in [0.05, 0.1) is 5.92 Å². The van der Waals surface area contributed by atoms with Crippen molar-refractivity contribution in [2.45, 2.75) is 32.7 Å². The van der Waals surface area contributed by atoms with Gasteiger partial charge in [0, 0.05) is 18.9 Å². The van der Waals surface area contributed by atoms with Crippen LogP contribution in [0, 0.1) is 18.8 Å². The molecule has 1 heterocycles. The average molecular weight is 248 g/mol. The number of rotatable bonds is 5. The molecule has 98 valence electrons. The van der Waals surface area contributed by atoms with Crippen molar-refractivity contribution in [1.82, 2.24) is 10.3 Å². The van der Waals surface area contributed by atoms with Gasteiger partial charge in [-0.05, 0) is 49.4 Å². The molecule has 1 saturated carbocycles. The Morgan fingerprint density at radius 3 is 3.11 bits per heavy atom. The summed E-state index contributed by atoms with van der Waals surface area (Å²) in [6.45, 7) is 3.61. The lowest BCUT2D eigenvalue weighted by Gasteiger charge is -2.16. The van der Waals surface area contributed by atoms with Crippen LogP contribution in [0.1, 0.15) is 30.4 Å². The lowest BCUT2D eigenvalue weighted by molar-refractivity contribution is -0.142. The summed E-state index contributed by atoms with van der Waals surface area (Å²) < 4.78 is 0. The smallest absolute Gasteiger partial charge is 0.306 e. The molecule has 0 amide bonds. The van der Waals surface area contributed by atoms with Crippen LogP contribution < -0.4 is 5.32 Å². The van der Waals surface area contributed by atoms with Crippen LogP contribution in [0.2, 0.25) is 0 Å². The molecule has 0 aliphatic heterocycles. The molecule has 1 aromatic heterocycles. The number of aryl methyl sites for hydroxylation is 1. The van der Waals surface area contributed by atoms with Gasteiger partial charge in [-0.3, -0.25) is 9.78 Å². The minimum absolute atomic E-state index is 0.160. The lowest BCUT2D eigenvalue weighted by Crippen LogP contribution is -2.28.